The lowest BCUT2D eigenvalue weighted by Crippen LogP contribution is -2.24. The van der Waals surface area contributed by atoms with Crippen LogP contribution in [0.4, 0.5) is 10.1 Å². The van der Waals surface area contributed by atoms with Crippen molar-refractivity contribution >= 4 is 11.6 Å². The van der Waals surface area contributed by atoms with Crippen LogP contribution in [-0.4, -0.2) is 26.5 Å². The fourth-order valence-electron chi connectivity index (χ4n) is 2.65. The number of anilines is 1. The summed E-state index contributed by atoms with van der Waals surface area (Å²) in [5, 5.41) is 16.7. The minimum atomic E-state index is -0.634. The molecule has 3 aromatic rings. The molecule has 0 saturated carbocycles. The maximum atomic E-state index is 13.1. The number of benzene rings is 2. The molecule has 1 amide bonds. The van der Waals surface area contributed by atoms with Crippen molar-refractivity contribution in [3.8, 4) is 0 Å². The fourth-order valence-corrected chi connectivity index (χ4v) is 2.65. The number of aromatic amines is 1. The SMILES string of the molecule is Cc1ccc(NC(=O)C(Cc2ccc(F)cc2)c2nn[nH]n2)c(C)c1. The predicted octanol–water partition coefficient (Wildman–Crippen LogP) is 2.92. The van der Waals surface area contributed by atoms with Crippen LogP contribution in [0.15, 0.2) is 42.5 Å². The highest BCUT2D eigenvalue weighted by Gasteiger charge is 2.25. The number of halogens is 1. The molecule has 0 saturated heterocycles. The van der Waals surface area contributed by atoms with Crippen LogP contribution in [0.3, 0.4) is 0 Å². The van der Waals surface area contributed by atoms with E-state index >= 15 is 0 Å². The molecule has 1 heterocycles. The zero-order valence-corrected chi connectivity index (χ0v) is 14.0. The number of amides is 1. The summed E-state index contributed by atoms with van der Waals surface area (Å²) in [5.74, 6) is -0.895. The molecule has 0 aliphatic carbocycles. The zero-order chi connectivity index (χ0) is 17.8. The highest BCUT2D eigenvalue weighted by molar-refractivity contribution is 5.96. The van der Waals surface area contributed by atoms with Gasteiger partial charge in [0.1, 0.15) is 11.7 Å². The molecule has 6 nitrogen and oxygen atoms in total. The van der Waals surface area contributed by atoms with Crippen LogP contribution in [0.1, 0.15) is 28.4 Å². The van der Waals surface area contributed by atoms with E-state index in [1.165, 1.54) is 12.1 Å². The summed E-state index contributed by atoms with van der Waals surface area (Å²) in [6.45, 7) is 3.93. The van der Waals surface area contributed by atoms with Gasteiger partial charge in [0, 0.05) is 5.69 Å². The first kappa shape index (κ1) is 16.8. The van der Waals surface area contributed by atoms with Crippen LogP contribution in [0, 0.1) is 19.7 Å². The van der Waals surface area contributed by atoms with Crippen LogP contribution >= 0.6 is 0 Å². The minimum Gasteiger partial charge on any atom is -0.325 e. The molecule has 1 atom stereocenters. The third kappa shape index (κ3) is 4.06. The Hall–Kier alpha value is -3.09. The smallest absolute Gasteiger partial charge is 0.235 e. The van der Waals surface area contributed by atoms with Crippen molar-refractivity contribution in [3.63, 3.8) is 0 Å². The van der Waals surface area contributed by atoms with Crippen molar-refractivity contribution in [3.05, 3.63) is 70.8 Å². The number of aryl methyl sites for hydroxylation is 2. The molecule has 25 heavy (non-hydrogen) atoms. The Morgan fingerprint density at radius 3 is 2.60 bits per heavy atom. The van der Waals surface area contributed by atoms with E-state index in [1.54, 1.807) is 12.1 Å². The van der Waals surface area contributed by atoms with E-state index < -0.39 is 5.92 Å². The molecule has 1 unspecified atom stereocenters. The zero-order valence-electron chi connectivity index (χ0n) is 14.0. The van der Waals surface area contributed by atoms with Crippen LogP contribution in [0.25, 0.3) is 0 Å². The van der Waals surface area contributed by atoms with Gasteiger partial charge in [0.05, 0.1) is 0 Å². The van der Waals surface area contributed by atoms with E-state index in [1.807, 2.05) is 32.0 Å². The highest BCUT2D eigenvalue weighted by Crippen LogP contribution is 2.22. The van der Waals surface area contributed by atoms with Crippen molar-refractivity contribution in [2.45, 2.75) is 26.2 Å². The maximum Gasteiger partial charge on any atom is 0.235 e. The molecule has 0 aliphatic heterocycles. The Labute approximate surface area is 144 Å². The summed E-state index contributed by atoms with van der Waals surface area (Å²) in [7, 11) is 0. The number of aromatic nitrogens is 4. The number of carbonyl (C=O) groups is 1. The number of nitrogens with one attached hydrogen (secondary N) is 2. The van der Waals surface area contributed by atoms with Crippen molar-refractivity contribution in [2.24, 2.45) is 0 Å². The number of carbonyl (C=O) groups excluding carboxylic acids is 1. The van der Waals surface area contributed by atoms with E-state index in [4.69, 9.17) is 0 Å². The van der Waals surface area contributed by atoms with Crippen molar-refractivity contribution in [1.82, 2.24) is 20.6 Å². The monoisotopic (exact) mass is 339 g/mol. The van der Waals surface area contributed by atoms with Gasteiger partial charge in [0.2, 0.25) is 5.91 Å². The molecule has 7 heteroatoms. The maximum absolute atomic E-state index is 13.1. The standard InChI is InChI=1S/C18H18FN5O/c1-11-3-8-16(12(2)9-11)20-18(25)15(17-21-23-24-22-17)10-13-4-6-14(19)7-5-13/h3-9,15H,10H2,1-2H3,(H,20,25)(H,21,22,23,24). The average molecular weight is 339 g/mol. The van der Waals surface area contributed by atoms with Crippen LogP contribution in [0.5, 0.6) is 0 Å². The van der Waals surface area contributed by atoms with Crippen molar-refractivity contribution in [1.29, 1.82) is 0 Å². The van der Waals surface area contributed by atoms with E-state index in [0.717, 1.165) is 22.4 Å². The van der Waals surface area contributed by atoms with Gasteiger partial charge in [-0.15, -0.1) is 10.2 Å². The van der Waals surface area contributed by atoms with Crippen LogP contribution < -0.4 is 5.32 Å². The summed E-state index contributed by atoms with van der Waals surface area (Å²) in [4.78, 5) is 12.8. The molecule has 3 rings (SSSR count). The highest BCUT2D eigenvalue weighted by atomic mass is 19.1. The van der Waals surface area contributed by atoms with Gasteiger partial charge < -0.3 is 5.32 Å². The van der Waals surface area contributed by atoms with Gasteiger partial charge in [-0.25, -0.2) is 4.39 Å². The van der Waals surface area contributed by atoms with Gasteiger partial charge in [0.15, 0.2) is 5.82 Å². The Kier molecular flexibility index (Phi) is 4.83. The lowest BCUT2D eigenvalue weighted by molar-refractivity contribution is -0.117. The minimum absolute atomic E-state index is 0.238. The van der Waals surface area contributed by atoms with Gasteiger partial charge in [-0.2, -0.15) is 5.21 Å². The lowest BCUT2D eigenvalue weighted by atomic mass is 9.97. The molecular weight excluding hydrogens is 321 g/mol. The third-order valence-corrected chi connectivity index (χ3v) is 3.98. The number of tetrazole rings is 1. The Balaban J connectivity index is 1.83. The molecule has 128 valence electrons. The van der Waals surface area contributed by atoms with E-state index in [0.29, 0.717) is 12.2 Å². The molecule has 0 spiro atoms. The van der Waals surface area contributed by atoms with E-state index in [-0.39, 0.29) is 11.7 Å². The van der Waals surface area contributed by atoms with Crippen LogP contribution in [0.2, 0.25) is 0 Å². The van der Waals surface area contributed by atoms with Crippen LogP contribution in [-0.2, 0) is 11.2 Å². The number of hydrogen-bond acceptors (Lipinski definition) is 4. The molecular formula is C18H18FN5O. The first-order valence-corrected chi connectivity index (χ1v) is 7.89. The normalized spacial score (nSPS) is 12.0. The van der Waals surface area contributed by atoms with Gasteiger partial charge in [-0.1, -0.05) is 35.0 Å². The topological polar surface area (TPSA) is 83.6 Å². The number of hydrogen-bond donors (Lipinski definition) is 2. The number of H-pyrrole nitrogens is 1. The Morgan fingerprint density at radius 1 is 1.20 bits per heavy atom. The fraction of sp³-hybridized carbons (Fsp3) is 0.222. The lowest BCUT2D eigenvalue weighted by Gasteiger charge is -2.15. The molecule has 2 N–H and O–H groups in total. The van der Waals surface area contributed by atoms with Crippen molar-refractivity contribution in [2.75, 3.05) is 5.32 Å². The Morgan fingerprint density at radius 2 is 1.96 bits per heavy atom. The van der Waals surface area contributed by atoms with E-state index in [9.17, 15) is 9.18 Å². The quantitative estimate of drug-likeness (QED) is 0.749. The molecule has 0 bridgehead atoms. The first-order valence-electron chi connectivity index (χ1n) is 7.89. The molecule has 2 aromatic carbocycles. The second-order valence-electron chi connectivity index (χ2n) is 5.96. The molecule has 0 aliphatic rings. The molecule has 0 radical (unpaired) electrons. The summed E-state index contributed by atoms with van der Waals surface area (Å²) in [5.41, 5.74) is 3.65. The Bertz CT molecular complexity index is 862. The largest absolute Gasteiger partial charge is 0.325 e. The first-order chi connectivity index (χ1) is 12.0. The molecule has 1 aromatic heterocycles. The second kappa shape index (κ2) is 7.21. The van der Waals surface area contributed by atoms with Crippen molar-refractivity contribution < 1.29 is 9.18 Å². The van der Waals surface area contributed by atoms with Gasteiger partial charge in [-0.05, 0) is 49.6 Å². The van der Waals surface area contributed by atoms with Gasteiger partial charge in [0.25, 0.3) is 0 Å². The summed E-state index contributed by atoms with van der Waals surface area (Å²) in [6.07, 6.45) is 0.344. The van der Waals surface area contributed by atoms with E-state index in [2.05, 4.69) is 25.9 Å². The van der Waals surface area contributed by atoms with Gasteiger partial charge >= 0.3 is 0 Å². The summed E-state index contributed by atoms with van der Waals surface area (Å²) in [6, 6.07) is 11.8. The average Bonchev–Trinajstić information content (AvgIpc) is 3.11. The number of rotatable bonds is 5. The predicted molar refractivity (Wildman–Crippen MR) is 91.6 cm³/mol. The summed E-state index contributed by atoms with van der Waals surface area (Å²) >= 11 is 0. The third-order valence-electron chi connectivity index (χ3n) is 3.98. The summed E-state index contributed by atoms with van der Waals surface area (Å²) < 4.78 is 13.1. The molecule has 0 fully saturated rings. The second-order valence-corrected chi connectivity index (χ2v) is 5.96. The van der Waals surface area contributed by atoms with Gasteiger partial charge in [-0.3, -0.25) is 4.79 Å². The number of nitrogens with zero attached hydrogens (tertiary/aromatic N) is 3.